The summed E-state index contributed by atoms with van der Waals surface area (Å²) in [7, 11) is 0. The quantitative estimate of drug-likeness (QED) is 0.249. The number of nitrogens with zero attached hydrogens (tertiary/aromatic N) is 1. The first-order valence-electron chi connectivity index (χ1n) is 9.68. The lowest BCUT2D eigenvalue weighted by Crippen LogP contribution is -2.11. The minimum atomic E-state index is -0.543. The standard InChI is InChI=1S/C24H27NO2/c1-3-5-6-12-17-27-24(26)22(18-25)23(20-14-8-7-9-15-20)21-16-11-10-13-19(21)4-2/h7-11,13-16H,3-6,12,17H2,1-2H3. The van der Waals surface area contributed by atoms with E-state index in [1.807, 2.05) is 54.6 Å². The van der Waals surface area contributed by atoms with Crippen LogP contribution in [0.25, 0.3) is 5.57 Å². The zero-order chi connectivity index (χ0) is 19.5. The Morgan fingerprint density at radius 2 is 1.67 bits per heavy atom. The molecule has 0 N–H and O–H groups in total. The largest absolute Gasteiger partial charge is 0.462 e. The van der Waals surface area contributed by atoms with Gasteiger partial charge in [0.15, 0.2) is 0 Å². The second-order valence-electron chi connectivity index (χ2n) is 6.44. The summed E-state index contributed by atoms with van der Waals surface area (Å²) in [5, 5.41) is 9.79. The SMILES string of the molecule is CCCCCCOC(=O)C(C#N)=C(c1ccccc1)c1ccccc1CC. The third-order valence-corrected chi connectivity index (χ3v) is 4.53. The minimum absolute atomic E-state index is 0.0672. The highest BCUT2D eigenvalue weighted by Crippen LogP contribution is 2.30. The van der Waals surface area contributed by atoms with Crippen LogP contribution in [0.2, 0.25) is 0 Å². The fraction of sp³-hybridized carbons (Fsp3) is 0.333. The van der Waals surface area contributed by atoms with E-state index in [-0.39, 0.29) is 5.57 Å². The number of ether oxygens (including phenoxy) is 1. The maximum Gasteiger partial charge on any atom is 0.349 e. The zero-order valence-corrected chi connectivity index (χ0v) is 16.2. The molecule has 0 spiro atoms. The highest BCUT2D eigenvalue weighted by atomic mass is 16.5. The second-order valence-corrected chi connectivity index (χ2v) is 6.44. The zero-order valence-electron chi connectivity index (χ0n) is 16.2. The molecule has 0 unspecified atom stereocenters. The first kappa shape index (κ1) is 20.5. The minimum Gasteiger partial charge on any atom is -0.462 e. The van der Waals surface area contributed by atoms with Crippen molar-refractivity contribution in [2.24, 2.45) is 0 Å². The van der Waals surface area contributed by atoms with Crippen LogP contribution in [-0.2, 0) is 16.0 Å². The molecule has 0 bridgehead atoms. The Morgan fingerprint density at radius 1 is 0.963 bits per heavy atom. The molecule has 0 saturated heterocycles. The third-order valence-electron chi connectivity index (χ3n) is 4.53. The number of nitriles is 1. The first-order chi connectivity index (χ1) is 13.2. The van der Waals surface area contributed by atoms with Crippen molar-refractivity contribution < 1.29 is 9.53 Å². The number of hydrogen-bond donors (Lipinski definition) is 0. The maximum absolute atomic E-state index is 12.7. The van der Waals surface area contributed by atoms with Crippen LogP contribution in [0.3, 0.4) is 0 Å². The van der Waals surface area contributed by atoms with Gasteiger partial charge in [-0.05, 0) is 29.5 Å². The Balaban J connectivity index is 2.43. The molecule has 0 aliphatic carbocycles. The number of esters is 1. The van der Waals surface area contributed by atoms with Gasteiger partial charge in [0.25, 0.3) is 0 Å². The molecule has 2 rings (SSSR count). The molecule has 0 atom stereocenters. The molecule has 0 amide bonds. The summed E-state index contributed by atoms with van der Waals surface area (Å²) in [6, 6.07) is 19.6. The predicted octanol–water partition coefficient (Wildman–Crippen LogP) is 5.70. The molecule has 0 aliphatic heterocycles. The van der Waals surface area contributed by atoms with Crippen molar-refractivity contribution in [3.63, 3.8) is 0 Å². The average Bonchev–Trinajstić information content (AvgIpc) is 2.72. The summed E-state index contributed by atoms with van der Waals surface area (Å²) >= 11 is 0. The van der Waals surface area contributed by atoms with Gasteiger partial charge >= 0.3 is 5.97 Å². The van der Waals surface area contributed by atoms with Crippen molar-refractivity contribution in [3.8, 4) is 6.07 Å². The molecule has 0 heterocycles. The molecule has 27 heavy (non-hydrogen) atoms. The highest BCUT2D eigenvalue weighted by molar-refractivity contribution is 6.05. The topological polar surface area (TPSA) is 50.1 Å². The Labute approximate surface area is 162 Å². The smallest absolute Gasteiger partial charge is 0.349 e. The third kappa shape index (κ3) is 5.56. The Morgan fingerprint density at radius 3 is 2.33 bits per heavy atom. The van der Waals surface area contributed by atoms with Crippen molar-refractivity contribution in [2.45, 2.75) is 46.0 Å². The van der Waals surface area contributed by atoms with Crippen LogP contribution in [0.1, 0.15) is 56.2 Å². The van der Waals surface area contributed by atoms with Gasteiger partial charge in [-0.25, -0.2) is 4.79 Å². The predicted molar refractivity (Wildman–Crippen MR) is 109 cm³/mol. The highest BCUT2D eigenvalue weighted by Gasteiger charge is 2.21. The van der Waals surface area contributed by atoms with E-state index in [4.69, 9.17) is 4.74 Å². The normalized spacial score (nSPS) is 11.4. The van der Waals surface area contributed by atoms with E-state index in [2.05, 4.69) is 19.9 Å². The molecular weight excluding hydrogens is 334 g/mol. The monoisotopic (exact) mass is 361 g/mol. The van der Waals surface area contributed by atoms with Crippen molar-refractivity contribution in [3.05, 3.63) is 76.9 Å². The molecule has 2 aromatic rings. The van der Waals surface area contributed by atoms with E-state index in [1.54, 1.807) is 0 Å². The molecule has 0 aromatic heterocycles. The van der Waals surface area contributed by atoms with Gasteiger partial charge in [0, 0.05) is 5.57 Å². The van der Waals surface area contributed by atoms with E-state index in [0.29, 0.717) is 12.2 Å². The number of aryl methyl sites for hydroxylation is 1. The van der Waals surface area contributed by atoms with Crippen LogP contribution in [0, 0.1) is 11.3 Å². The molecule has 2 aromatic carbocycles. The van der Waals surface area contributed by atoms with Crippen LogP contribution in [0.15, 0.2) is 60.2 Å². The van der Waals surface area contributed by atoms with Gasteiger partial charge in [0.2, 0.25) is 0 Å². The summed E-state index contributed by atoms with van der Waals surface area (Å²) in [4.78, 5) is 12.7. The summed E-state index contributed by atoms with van der Waals surface area (Å²) in [5.74, 6) is -0.543. The molecule has 3 heteroatoms. The lowest BCUT2D eigenvalue weighted by molar-refractivity contribution is -0.138. The van der Waals surface area contributed by atoms with Crippen molar-refractivity contribution >= 4 is 11.5 Å². The van der Waals surface area contributed by atoms with Crippen molar-refractivity contribution in [1.29, 1.82) is 5.26 Å². The van der Waals surface area contributed by atoms with Crippen LogP contribution in [0.4, 0.5) is 0 Å². The molecule has 0 aliphatic rings. The fourth-order valence-electron chi connectivity index (χ4n) is 3.08. The molecular formula is C24H27NO2. The van der Waals surface area contributed by atoms with Gasteiger partial charge in [-0.1, -0.05) is 87.7 Å². The number of benzene rings is 2. The molecule has 0 fully saturated rings. The number of unbranched alkanes of at least 4 members (excludes halogenated alkanes) is 3. The summed E-state index contributed by atoms with van der Waals surface area (Å²) in [5.41, 5.74) is 3.56. The van der Waals surface area contributed by atoms with Crippen LogP contribution >= 0.6 is 0 Å². The van der Waals surface area contributed by atoms with E-state index in [0.717, 1.165) is 48.8 Å². The van der Waals surface area contributed by atoms with Gasteiger partial charge < -0.3 is 4.74 Å². The van der Waals surface area contributed by atoms with E-state index < -0.39 is 5.97 Å². The van der Waals surface area contributed by atoms with Crippen LogP contribution in [-0.4, -0.2) is 12.6 Å². The van der Waals surface area contributed by atoms with Gasteiger partial charge in [0.1, 0.15) is 11.6 Å². The first-order valence-corrected chi connectivity index (χ1v) is 9.68. The maximum atomic E-state index is 12.7. The van der Waals surface area contributed by atoms with E-state index >= 15 is 0 Å². The lowest BCUT2D eigenvalue weighted by Gasteiger charge is -2.15. The van der Waals surface area contributed by atoms with Gasteiger partial charge in [0.05, 0.1) is 6.61 Å². The Hall–Kier alpha value is -2.86. The molecule has 0 saturated carbocycles. The molecule has 140 valence electrons. The van der Waals surface area contributed by atoms with Gasteiger partial charge in [-0.2, -0.15) is 5.26 Å². The van der Waals surface area contributed by atoms with Gasteiger partial charge in [-0.15, -0.1) is 0 Å². The summed E-state index contributed by atoms with van der Waals surface area (Å²) in [6.45, 7) is 4.56. The second kappa shape index (κ2) is 11.0. The fourth-order valence-corrected chi connectivity index (χ4v) is 3.08. The van der Waals surface area contributed by atoms with Crippen LogP contribution in [0.5, 0.6) is 0 Å². The van der Waals surface area contributed by atoms with Gasteiger partial charge in [-0.3, -0.25) is 0 Å². The Bertz CT molecular complexity index is 816. The number of hydrogen-bond acceptors (Lipinski definition) is 3. The molecule has 0 radical (unpaired) electrons. The number of carbonyl (C=O) groups is 1. The van der Waals surface area contributed by atoms with E-state index in [9.17, 15) is 10.1 Å². The van der Waals surface area contributed by atoms with Crippen molar-refractivity contribution in [1.82, 2.24) is 0 Å². The summed E-state index contributed by atoms with van der Waals surface area (Å²) < 4.78 is 5.42. The number of carbonyl (C=O) groups excluding carboxylic acids is 1. The lowest BCUT2D eigenvalue weighted by atomic mass is 9.89. The van der Waals surface area contributed by atoms with E-state index in [1.165, 1.54) is 0 Å². The van der Waals surface area contributed by atoms with Crippen LogP contribution < -0.4 is 0 Å². The molecule has 3 nitrogen and oxygen atoms in total. The summed E-state index contributed by atoms with van der Waals surface area (Å²) in [6.07, 6.45) is 4.92. The van der Waals surface area contributed by atoms with Crippen molar-refractivity contribution in [2.75, 3.05) is 6.61 Å². The number of rotatable bonds is 9. The average molecular weight is 361 g/mol. The Kier molecular flexibility index (Phi) is 8.32.